The zero-order valence-corrected chi connectivity index (χ0v) is 60.2. The summed E-state index contributed by atoms with van der Waals surface area (Å²) in [5, 5.41) is 14.1. The zero-order valence-electron chi connectivity index (χ0n) is 59.3. The molecule has 0 aromatic heterocycles. The van der Waals surface area contributed by atoms with E-state index in [-0.39, 0.29) is 19.1 Å². The lowest BCUT2D eigenvalue weighted by Gasteiger charge is -2.30. The van der Waals surface area contributed by atoms with Crippen LogP contribution in [0.25, 0.3) is 0 Å². The second kappa shape index (κ2) is 68.9. The molecule has 516 valence electrons. The summed E-state index contributed by atoms with van der Waals surface area (Å²) in [5.74, 6) is -0.152. The lowest BCUT2D eigenvalue weighted by Crippen LogP contribution is -2.46. The van der Waals surface area contributed by atoms with Crippen molar-refractivity contribution in [2.45, 2.75) is 450 Å². The van der Waals surface area contributed by atoms with Crippen LogP contribution in [0.2, 0.25) is 0 Å². The van der Waals surface area contributed by atoms with E-state index in [0.717, 1.165) is 38.5 Å². The van der Waals surface area contributed by atoms with Crippen molar-refractivity contribution in [1.29, 1.82) is 0 Å². The Labute approximate surface area is 540 Å². The topological polar surface area (TPSA) is 108 Å². The number of phosphoric acid groups is 1. The summed E-state index contributed by atoms with van der Waals surface area (Å²) in [6.45, 7) is 4.81. The first-order valence-corrected chi connectivity index (χ1v) is 40.8. The number of nitrogens with one attached hydrogen (secondary N) is 1. The lowest BCUT2D eigenvalue weighted by atomic mass is 10.0. The average Bonchev–Trinajstić information content (AvgIpc) is 3.70. The Hall–Kier alpha value is -0.500. The maximum Gasteiger partial charge on any atom is 0.268 e. The van der Waals surface area contributed by atoms with Crippen LogP contribution in [0, 0.1) is 0 Å². The van der Waals surface area contributed by atoms with Gasteiger partial charge in [-0.25, -0.2) is 0 Å². The third-order valence-corrected chi connectivity index (χ3v) is 19.8. The molecule has 1 amide bonds. The molecule has 0 saturated heterocycles. The molecule has 86 heavy (non-hydrogen) atoms. The fourth-order valence-corrected chi connectivity index (χ4v) is 13.5. The molecule has 3 unspecified atom stereocenters. The van der Waals surface area contributed by atoms with Gasteiger partial charge in [0.05, 0.1) is 39.9 Å². The van der Waals surface area contributed by atoms with Gasteiger partial charge in [0, 0.05) is 6.42 Å². The van der Waals surface area contributed by atoms with Crippen molar-refractivity contribution in [3.63, 3.8) is 0 Å². The Morgan fingerprint density at radius 2 is 0.570 bits per heavy atom. The number of likely N-dealkylation sites (N-methyl/N-ethyl adjacent to an activating group) is 1. The molecular weight excluding hydrogens is 1080 g/mol. The Balaban J connectivity index is 3.90. The minimum Gasteiger partial charge on any atom is -0.756 e. The van der Waals surface area contributed by atoms with Gasteiger partial charge in [-0.3, -0.25) is 9.36 Å². The molecule has 0 aliphatic heterocycles. The van der Waals surface area contributed by atoms with Crippen LogP contribution in [0.15, 0.2) is 0 Å². The minimum atomic E-state index is -4.58. The number of hydrogen-bond acceptors (Lipinski definition) is 6. The Kier molecular flexibility index (Phi) is 68.5. The molecule has 0 spiro atoms. The van der Waals surface area contributed by atoms with Gasteiger partial charge in [-0.1, -0.05) is 418 Å². The Morgan fingerprint density at radius 3 is 0.791 bits per heavy atom. The molecule has 0 rings (SSSR count). The standard InChI is InChI=1S/C77H157N2O6P/c1-6-8-10-12-14-16-18-20-22-24-26-28-30-32-34-36-37-38-39-40-41-43-45-47-49-51-53-55-57-59-61-63-65-67-69-71-77(81)78-75(74-85-86(82,83)84-73-72-79(3,4)5)76(80)70-68-66-64-62-60-58-56-54-52-50-48-46-44-42-35-33-31-29-27-25-23-21-19-17-15-13-11-9-7-2/h75-76,80H,6-74H2,1-5H3,(H-,78,81,82,83). The van der Waals surface area contributed by atoms with E-state index in [2.05, 4.69) is 19.2 Å². The SMILES string of the molecule is CCCCCCCCCCCCCCCCCCCCCCCCCCCCCCCCCCCCCC(=O)NC(COP(=O)([O-])OCC[N+](C)(C)C)C(O)CCCCCCCCCCCCCCCCCCCCCCCCCCCCCCC. The van der Waals surface area contributed by atoms with Crippen LogP contribution in [-0.2, 0) is 18.4 Å². The molecule has 8 nitrogen and oxygen atoms in total. The van der Waals surface area contributed by atoms with Gasteiger partial charge in [0.1, 0.15) is 13.2 Å². The third kappa shape index (κ3) is 70.9. The molecule has 0 aliphatic rings. The van der Waals surface area contributed by atoms with Gasteiger partial charge < -0.3 is 28.8 Å². The van der Waals surface area contributed by atoms with Crippen LogP contribution in [0.1, 0.15) is 438 Å². The summed E-state index contributed by atoms with van der Waals surface area (Å²) in [6, 6.07) is -0.798. The molecule has 9 heteroatoms. The predicted molar refractivity (Wildman–Crippen MR) is 376 cm³/mol. The van der Waals surface area contributed by atoms with Crippen molar-refractivity contribution in [2.75, 3.05) is 40.9 Å². The van der Waals surface area contributed by atoms with Crippen LogP contribution in [0.5, 0.6) is 0 Å². The maximum atomic E-state index is 13.1. The molecule has 0 radical (unpaired) electrons. The molecule has 0 heterocycles. The Bertz CT molecular complexity index is 1360. The van der Waals surface area contributed by atoms with Gasteiger partial charge in [-0.05, 0) is 12.8 Å². The minimum absolute atomic E-state index is 0.0171. The van der Waals surface area contributed by atoms with Crippen LogP contribution in [-0.4, -0.2) is 68.5 Å². The summed E-state index contributed by atoms with van der Waals surface area (Å²) >= 11 is 0. The van der Waals surface area contributed by atoms with E-state index in [0.29, 0.717) is 23.9 Å². The van der Waals surface area contributed by atoms with Crippen molar-refractivity contribution in [2.24, 2.45) is 0 Å². The van der Waals surface area contributed by atoms with Crippen LogP contribution in [0.3, 0.4) is 0 Å². The van der Waals surface area contributed by atoms with Crippen LogP contribution in [0.4, 0.5) is 0 Å². The summed E-state index contributed by atoms with van der Waals surface area (Å²) in [4.78, 5) is 25.7. The molecular formula is C77H157N2O6P. The van der Waals surface area contributed by atoms with Gasteiger partial charge >= 0.3 is 0 Å². The van der Waals surface area contributed by atoms with Crippen molar-refractivity contribution >= 4 is 13.7 Å². The van der Waals surface area contributed by atoms with Gasteiger partial charge in [-0.2, -0.15) is 0 Å². The fraction of sp³-hybridized carbons (Fsp3) is 0.987. The van der Waals surface area contributed by atoms with Gasteiger partial charge in [0.25, 0.3) is 7.82 Å². The van der Waals surface area contributed by atoms with Gasteiger partial charge in [0.2, 0.25) is 5.91 Å². The fourth-order valence-electron chi connectivity index (χ4n) is 12.8. The molecule has 0 saturated carbocycles. The quantitative estimate of drug-likeness (QED) is 0.0357. The highest BCUT2D eigenvalue weighted by Gasteiger charge is 2.24. The Morgan fingerprint density at radius 1 is 0.360 bits per heavy atom. The predicted octanol–water partition coefficient (Wildman–Crippen LogP) is 24.8. The van der Waals surface area contributed by atoms with E-state index in [4.69, 9.17) is 9.05 Å². The first kappa shape index (κ1) is 85.5. The molecule has 3 atom stereocenters. The maximum absolute atomic E-state index is 13.1. The normalized spacial score (nSPS) is 13.4. The summed E-state index contributed by atoms with van der Waals surface area (Å²) in [7, 11) is 1.33. The monoisotopic (exact) mass is 1240 g/mol. The molecule has 0 fully saturated rings. The number of hydrogen-bond donors (Lipinski definition) is 2. The molecule has 2 N–H and O–H groups in total. The smallest absolute Gasteiger partial charge is 0.268 e. The average molecular weight is 1240 g/mol. The van der Waals surface area contributed by atoms with Crippen molar-refractivity contribution < 1.29 is 32.9 Å². The van der Waals surface area contributed by atoms with E-state index in [1.165, 1.54) is 372 Å². The van der Waals surface area contributed by atoms with E-state index in [1.807, 2.05) is 21.1 Å². The second-order valence-electron chi connectivity index (χ2n) is 28.8. The van der Waals surface area contributed by atoms with Crippen LogP contribution >= 0.6 is 7.82 Å². The van der Waals surface area contributed by atoms with Gasteiger partial charge in [0.15, 0.2) is 0 Å². The molecule has 0 bridgehead atoms. The summed E-state index contributed by atoms with van der Waals surface area (Å²) in [6.07, 6.45) is 88.0. The number of quaternary nitrogens is 1. The lowest BCUT2D eigenvalue weighted by molar-refractivity contribution is -0.870. The number of unbranched alkanes of at least 4 members (excludes halogenated alkanes) is 62. The van der Waals surface area contributed by atoms with E-state index >= 15 is 0 Å². The first-order chi connectivity index (χ1) is 42.0. The van der Waals surface area contributed by atoms with E-state index in [9.17, 15) is 19.4 Å². The highest BCUT2D eigenvalue weighted by Crippen LogP contribution is 2.38. The largest absolute Gasteiger partial charge is 0.756 e. The number of amides is 1. The number of nitrogens with zero attached hydrogens (tertiary/aromatic N) is 1. The number of carbonyl (C=O) groups excluding carboxylic acids is 1. The highest BCUT2D eigenvalue weighted by molar-refractivity contribution is 7.45. The molecule has 0 aromatic rings. The molecule has 0 aromatic carbocycles. The number of aliphatic hydroxyl groups is 1. The third-order valence-electron chi connectivity index (χ3n) is 18.8. The summed E-state index contributed by atoms with van der Waals surface area (Å²) in [5.41, 5.74) is 0. The second-order valence-corrected chi connectivity index (χ2v) is 30.2. The first-order valence-electron chi connectivity index (χ1n) is 39.4. The molecule has 0 aliphatic carbocycles. The van der Waals surface area contributed by atoms with E-state index in [1.54, 1.807) is 0 Å². The number of carbonyl (C=O) groups is 1. The number of phosphoric ester groups is 1. The number of aliphatic hydroxyl groups excluding tert-OH is 1. The highest BCUT2D eigenvalue weighted by atomic mass is 31.2. The van der Waals surface area contributed by atoms with E-state index < -0.39 is 20.0 Å². The zero-order chi connectivity index (χ0) is 62.6. The van der Waals surface area contributed by atoms with Crippen molar-refractivity contribution in [3.05, 3.63) is 0 Å². The van der Waals surface area contributed by atoms with Crippen molar-refractivity contribution in [1.82, 2.24) is 5.32 Å². The van der Waals surface area contributed by atoms with Crippen LogP contribution < -0.4 is 10.2 Å². The summed E-state index contributed by atoms with van der Waals surface area (Å²) < 4.78 is 23.6. The van der Waals surface area contributed by atoms with Crippen molar-refractivity contribution in [3.8, 4) is 0 Å². The van der Waals surface area contributed by atoms with Gasteiger partial charge in [-0.15, -0.1) is 0 Å². The number of rotatable bonds is 75.